The van der Waals surface area contributed by atoms with Gasteiger partial charge >= 0.3 is 6.03 Å². The van der Waals surface area contributed by atoms with Gasteiger partial charge in [-0.25, -0.2) is 13.2 Å². The van der Waals surface area contributed by atoms with Crippen LogP contribution < -0.4 is 9.47 Å². The molecule has 1 saturated heterocycles. The monoisotopic (exact) mass is 533 g/mol. The fourth-order valence-electron chi connectivity index (χ4n) is 4.44. The van der Waals surface area contributed by atoms with E-state index in [1.165, 1.54) is 24.0 Å². The van der Waals surface area contributed by atoms with E-state index in [0.717, 1.165) is 0 Å². The van der Waals surface area contributed by atoms with E-state index in [0.29, 0.717) is 28.7 Å². The molecular formula is C24H31N5O7S. The molecule has 1 aromatic carbocycles. The lowest BCUT2D eigenvalue weighted by Crippen LogP contribution is -2.53. The van der Waals surface area contributed by atoms with E-state index in [9.17, 15) is 18.3 Å². The Kier molecular flexibility index (Phi) is 7.46. The normalized spacial score (nSPS) is 18.1. The number of nitrogens with zero attached hydrogens (tertiary/aromatic N) is 5. The lowest BCUT2D eigenvalue weighted by molar-refractivity contribution is 0.0776. The molecule has 37 heavy (non-hydrogen) atoms. The molecule has 0 radical (unpaired) electrons. The summed E-state index contributed by atoms with van der Waals surface area (Å²) in [5, 5.41) is 17.9. The molecule has 2 atom stereocenters. The van der Waals surface area contributed by atoms with Gasteiger partial charge in [0.1, 0.15) is 28.7 Å². The van der Waals surface area contributed by atoms with Crippen LogP contribution in [0.3, 0.4) is 0 Å². The zero-order valence-electron chi connectivity index (χ0n) is 21.4. The number of furan rings is 1. The second kappa shape index (κ2) is 10.4. The number of piperidine rings is 1. The zero-order chi connectivity index (χ0) is 26.9. The zero-order valence-corrected chi connectivity index (χ0v) is 22.2. The highest BCUT2D eigenvalue weighted by Crippen LogP contribution is 2.37. The molecule has 0 unspecified atom stereocenters. The van der Waals surface area contributed by atoms with E-state index in [2.05, 4.69) is 10.2 Å². The summed E-state index contributed by atoms with van der Waals surface area (Å²) in [4.78, 5) is 15.2. The summed E-state index contributed by atoms with van der Waals surface area (Å²) in [7, 11) is 2.24. The van der Waals surface area contributed by atoms with Crippen molar-refractivity contribution in [3.63, 3.8) is 0 Å². The number of aromatic nitrogens is 3. The van der Waals surface area contributed by atoms with Crippen molar-refractivity contribution >= 4 is 15.9 Å². The molecule has 0 spiro atoms. The van der Waals surface area contributed by atoms with Crippen molar-refractivity contribution in [1.82, 2.24) is 24.6 Å². The molecule has 1 aliphatic rings. The summed E-state index contributed by atoms with van der Waals surface area (Å²) < 4.78 is 45.8. The molecule has 2 aromatic heterocycles. The molecule has 4 rings (SSSR count). The molecule has 13 heteroatoms. The summed E-state index contributed by atoms with van der Waals surface area (Å²) in [6.45, 7) is 1.82. The number of para-hydroxylation sites is 1. The fourth-order valence-corrected chi connectivity index (χ4v) is 6.14. The van der Waals surface area contributed by atoms with Crippen LogP contribution in [0.25, 0.3) is 17.3 Å². The van der Waals surface area contributed by atoms with Crippen molar-refractivity contribution in [1.29, 1.82) is 0 Å². The summed E-state index contributed by atoms with van der Waals surface area (Å²) >= 11 is 0. The first kappa shape index (κ1) is 26.5. The van der Waals surface area contributed by atoms with Crippen LogP contribution in [0, 0.1) is 6.92 Å². The average molecular weight is 534 g/mol. The SMILES string of the molecule is COc1cccc(OC)c1-n1c(CS(=O)(=O)[C@@H]2C[C@H](O)CN(C(=O)N(C)C)C2)nnc1-c1ccc(C)o1. The van der Waals surface area contributed by atoms with Gasteiger partial charge in [-0.05, 0) is 37.6 Å². The molecule has 1 N–H and O–H groups in total. The Morgan fingerprint density at radius 2 is 1.81 bits per heavy atom. The number of hydrogen-bond acceptors (Lipinski definition) is 9. The van der Waals surface area contributed by atoms with Gasteiger partial charge in [-0.15, -0.1) is 10.2 Å². The van der Waals surface area contributed by atoms with E-state index >= 15 is 0 Å². The van der Waals surface area contributed by atoms with Gasteiger partial charge in [0.2, 0.25) is 5.82 Å². The lowest BCUT2D eigenvalue weighted by Gasteiger charge is -2.36. The van der Waals surface area contributed by atoms with Gasteiger partial charge in [0, 0.05) is 27.2 Å². The third kappa shape index (κ3) is 5.27. The molecule has 0 bridgehead atoms. The third-order valence-corrected chi connectivity index (χ3v) is 8.22. The first-order valence-electron chi connectivity index (χ1n) is 11.6. The van der Waals surface area contributed by atoms with Crippen LogP contribution >= 0.6 is 0 Å². The van der Waals surface area contributed by atoms with Gasteiger partial charge < -0.3 is 28.8 Å². The fraction of sp³-hybridized carbons (Fsp3) is 0.458. The molecule has 0 saturated carbocycles. The number of amides is 2. The average Bonchev–Trinajstić information content (AvgIpc) is 3.47. The Hall–Kier alpha value is -3.58. The van der Waals surface area contributed by atoms with Crippen LogP contribution in [-0.4, -0.2) is 96.9 Å². The first-order chi connectivity index (χ1) is 17.6. The highest BCUT2D eigenvalue weighted by Gasteiger charge is 2.38. The Morgan fingerprint density at radius 3 is 2.38 bits per heavy atom. The van der Waals surface area contributed by atoms with Crippen LogP contribution in [0.1, 0.15) is 18.0 Å². The quantitative estimate of drug-likeness (QED) is 0.482. The second-order valence-corrected chi connectivity index (χ2v) is 11.4. The van der Waals surface area contributed by atoms with Gasteiger partial charge in [-0.2, -0.15) is 0 Å². The van der Waals surface area contributed by atoms with Crippen LogP contribution in [0.2, 0.25) is 0 Å². The van der Waals surface area contributed by atoms with Crippen molar-refractivity contribution in [2.45, 2.75) is 30.5 Å². The van der Waals surface area contributed by atoms with Crippen molar-refractivity contribution in [2.75, 3.05) is 41.4 Å². The number of carbonyl (C=O) groups is 1. The number of rotatable bonds is 7. The van der Waals surface area contributed by atoms with Gasteiger partial charge in [-0.1, -0.05) is 6.07 Å². The largest absolute Gasteiger partial charge is 0.494 e. The molecule has 3 aromatic rings. The Bertz CT molecular complexity index is 1360. The van der Waals surface area contributed by atoms with Crippen molar-refractivity contribution in [2.24, 2.45) is 0 Å². The minimum absolute atomic E-state index is 0.00982. The topological polar surface area (TPSA) is 140 Å². The number of sulfone groups is 1. The minimum atomic E-state index is -3.90. The van der Waals surface area contributed by atoms with Gasteiger partial charge in [0.25, 0.3) is 0 Å². The number of ether oxygens (including phenoxy) is 2. The third-order valence-electron chi connectivity index (χ3n) is 6.20. The predicted molar refractivity (Wildman–Crippen MR) is 135 cm³/mol. The van der Waals surface area contributed by atoms with Crippen molar-refractivity contribution in [3.8, 4) is 28.8 Å². The first-order valence-corrected chi connectivity index (χ1v) is 13.4. The number of aryl methyl sites for hydroxylation is 1. The molecule has 200 valence electrons. The van der Waals surface area contributed by atoms with Crippen LogP contribution in [-0.2, 0) is 15.6 Å². The number of aliphatic hydroxyl groups is 1. The number of benzene rings is 1. The summed E-state index contributed by atoms with van der Waals surface area (Å²) in [6, 6.07) is 8.31. The van der Waals surface area contributed by atoms with E-state index in [1.807, 2.05) is 0 Å². The van der Waals surface area contributed by atoms with Crippen LogP contribution in [0.5, 0.6) is 11.5 Å². The summed E-state index contributed by atoms with van der Waals surface area (Å²) in [5.74, 6) is 1.75. The molecule has 3 heterocycles. The standard InChI is InChI=1S/C24H31N5O7S/c1-15-9-10-20(36-15)23-26-25-21(29(23)22-18(34-4)7-6-8-19(22)35-5)14-37(32,33)17-11-16(30)12-28(13-17)24(31)27(2)3/h6-10,16-17,30H,11-14H2,1-5H3/t16-,17+/m0/s1. The van der Waals surface area contributed by atoms with E-state index in [1.54, 1.807) is 55.9 Å². The molecular weight excluding hydrogens is 502 g/mol. The minimum Gasteiger partial charge on any atom is -0.494 e. The van der Waals surface area contributed by atoms with Crippen LogP contribution in [0.15, 0.2) is 34.7 Å². The number of hydrogen-bond donors (Lipinski definition) is 1. The number of likely N-dealkylation sites (tertiary alicyclic amines) is 1. The van der Waals surface area contributed by atoms with Crippen LogP contribution in [0.4, 0.5) is 4.79 Å². The maximum Gasteiger partial charge on any atom is 0.319 e. The smallest absolute Gasteiger partial charge is 0.319 e. The molecule has 1 aliphatic heterocycles. The van der Waals surface area contributed by atoms with Gasteiger partial charge in [-0.3, -0.25) is 4.57 Å². The molecule has 0 aliphatic carbocycles. The van der Waals surface area contributed by atoms with Crippen molar-refractivity contribution < 1.29 is 32.2 Å². The van der Waals surface area contributed by atoms with E-state index in [4.69, 9.17) is 13.9 Å². The number of carbonyl (C=O) groups excluding carboxylic acids is 1. The number of methoxy groups -OCH3 is 2. The van der Waals surface area contributed by atoms with E-state index in [-0.39, 0.29) is 37.2 Å². The van der Waals surface area contributed by atoms with Crippen molar-refractivity contribution in [3.05, 3.63) is 41.9 Å². The summed E-state index contributed by atoms with van der Waals surface area (Å²) in [6.07, 6.45) is -0.957. The maximum absolute atomic E-state index is 13.7. The number of β-amino-alcohol motifs (C(OH)–C–C–N with tert-alkyl or cyclic N) is 1. The Morgan fingerprint density at radius 1 is 1.14 bits per heavy atom. The van der Waals surface area contributed by atoms with Gasteiger partial charge in [0.05, 0.1) is 25.6 Å². The molecule has 2 amide bonds. The molecule has 12 nitrogen and oxygen atoms in total. The Balaban J connectivity index is 1.79. The second-order valence-electron chi connectivity index (χ2n) is 9.10. The summed E-state index contributed by atoms with van der Waals surface area (Å²) in [5.41, 5.74) is 0.417. The maximum atomic E-state index is 13.7. The Labute approximate surface area is 215 Å². The highest BCUT2D eigenvalue weighted by atomic mass is 32.2. The lowest BCUT2D eigenvalue weighted by atomic mass is 10.1. The highest BCUT2D eigenvalue weighted by molar-refractivity contribution is 7.91. The predicted octanol–water partition coefficient (Wildman–Crippen LogP) is 1.88. The van der Waals surface area contributed by atoms with E-state index < -0.39 is 26.9 Å². The number of urea groups is 1. The number of aliphatic hydroxyl groups excluding tert-OH is 1. The molecule has 1 fully saturated rings. The van der Waals surface area contributed by atoms with Gasteiger partial charge in [0.15, 0.2) is 21.4 Å².